The van der Waals surface area contributed by atoms with Crippen LogP contribution in [-0.2, 0) is 38.8 Å². The van der Waals surface area contributed by atoms with Crippen LogP contribution in [-0.4, -0.2) is 226 Å². The van der Waals surface area contributed by atoms with E-state index >= 15 is 0 Å². The number of aromatic nitrogens is 15. The molecular formula is C88H92N26O11. The number of hydrogen-bond acceptors (Lipinski definition) is 27. The van der Waals surface area contributed by atoms with Crippen molar-refractivity contribution >= 4 is 126 Å². The van der Waals surface area contributed by atoms with Gasteiger partial charge in [0.2, 0.25) is 17.8 Å². The molecule has 9 aromatic heterocycles. The third-order valence-electron chi connectivity index (χ3n) is 23.5. The number of carbonyl (C=O) groups is 4. The topological polar surface area (TPSA) is 364 Å². The average molecular weight is 1690 g/mol. The highest BCUT2D eigenvalue weighted by Crippen LogP contribution is 2.37. The Morgan fingerprint density at radius 3 is 1.02 bits per heavy atom. The van der Waals surface area contributed by atoms with Crippen molar-refractivity contribution in [1.29, 1.82) is 0 Å². The minimum Gasteiger partial charge on any atom is -0.480 e. The Morgan fingerprint density at radius 2 is 0.688 bits per heavy atom. The number of rotatable bonds is 9. The molecule has 37 heteroatoms. The van der Waals surface area contributed by atoms with Crippen molar-refractivity contribution < 1.29 is 38.1 Å². The van der Waals surface area contributed by atoms with E-state index in [1.54, 1.807) is 96.5 Å². The van der Waals surface area contributed by atoms with Crippen molar-refractivity contribution in [3.05, 3.63) is 195 Å². The Balaban J connectivity index is 0.000000123. The maximum absolute atomic E-state index is 13.5. The van der Waals surface area contributed by atoms with Gasteiger partial charge in [-0.25, -0.2) is 62.8 Å². The second-order valence-electron chi connectivity index (χ2n) is 31.5. The van der Waals surface area contributed by atoms with Crippen molar-refractivity contribution in [1.82, 2.24) is 82.7 Å². The van der Waals surface area contributed by atoms with Gasteiger partial charge in [0.1, 0.15) is 16.2 Å². The van der Waals surface area contributed by atoms with Crippen molar-refractivity contribution in [2.24, 2.45) is 0 Å². The summed E-state index contributed by atoms with van der Waals surface area (Å²) in [5.41, 5.74) is 6.49. The number of pyridine rings is 3. The fourth-order valence-corrected chi connectivity index (χ4v) is 16.8. The number of likely N-dealkylation sites (N-methyl/N-ethyl adjacent to an activating group) is 1. The minimum atomic E-state index is -0.305. The van der Waals surface area contributed by atoms with E-state index in [1.165, 1.54) is 43.9 Å². The van der Waals surface area contributed by atoms with Gasteiger partial charge >= 0.3 is 6.09 Å². The van der Waals surface area contributed by atoms with E-state index in [-0.39, 0.29) is 60.3 Å². The number of nitrogens with one attached hydrogen (secondary N) is 3. The van der Waals surface area contributed by atoms with Crippen molar-refractivity contribution in [3.63, 3.8) is 0 Å². The maximum atomic E-state index is 13.5. The van der Waals surface area contributed by atoms with Crippen LogP contribution in [0.2, 0.25) is 0 Å². The molecule has 21 rings (SSSR count). The highest BCUT2D eigenvalue weighted by atomic mass is 16.5. The number of nitrogens with zero attached hydrogens (tertiary/aromatic N) is 23. The Hall–Kier alpha value is -14.8. The second-order valence-corrected chi connectivity index (χ2v) is 31.5. The Bertz CT molecular complexity index is 6410. The summed E-state index contributed by atoms with van der Waals surface area (Å²) in [7, 11) is 3.54. The fourth-order valence-electron chi connectivity index (χ4n) is 16.8. The molecule has 6 bridgehead atoms. The molecule has 0 radical (unpaired) electrons. The molecule has 3 fully saturated rings. The smallest absolute Gasteiger partial charge is 0.409 e. The highest BCUT2D eigenvalue weighted by Gasteiger charge is 2.34. The molecule has 18 heterocycles. The molecule has 640 valence electrons. The lowest BCUT2D eigenvalue weighted by atomic mass is 10.1. The SMILES string of the molecule is CN1CCN(c2ccc(Nc3ncc4c(=O)n5n(c4n3)-c3ccc4c(n3)N(CCCC=CC5)C(=O)CO4)cc2)CC1.COC(=O)N1CCN(c2ccc(Nc3ncc4c(=O)n5n(c4n3)-c3ccc4c(n3)N(CCCC=CC5)C(=O)CO4)cc2)CC1.O=C1COc2ccc3nc2N1CCCC=CCn1c(=O)c2cnc(Nc4ccc(N5CCCCC5)cc4)nc2n1-3. The predicted octanol–water partition coefficient (Wildman–Crippen LogP) is 9.02. The summed E-state index contributed by atoms with van der Waals surface area (Å²) in [6, 6.07) is 35.1. The summed E-state index contributed by atoms with van der Waals surface area (Å²) < 4.78 is 31.6. The van der Waals surface area contributed by atoms with Crippen LogP contribution >= 0.6 is 0 Å². The zero-order chi connectivity index (χ0) is 85.2. The van der Waals surface area contributed by atoms with Gasteiger partial charge in [-0.05, 0) is 174 Å². The Labute approximate surface area is 715 Å². The van der Waals surface area contributed by atoms with Gasteiger partial charge in [-0.15, -0.1) is 0 Å². The lowest BCUT2D eigenvalue weighted by Gasteiger charge is -2.35. The van der Waals surface area contributed by atoms with Crippen LogP contribution in [0, 0.1) is 0 Å². The van der Waals surface area contributed by atoms with Crippen LogP contribution in [0.1, 0.15) is 57.8 Å². The first-order valence-corrected chi connectivity index (χ1v) is 42.3. The summed E-state index contributed by atoms with van der Waals surface area (Å²) in [6.07, 6.45) is 24.7. The highest BCUT2D eigenvalue weighted by molar-refractivity contribution is 5.99. The van der Waals surface area contributed by atoms with Crippen LogP contribution in [0.5, 0.6) is 17.2 Å². The van der Waals surface area contributed by atoms with Gasteiger partial charge in [0, 0.05) is 138 Å². The molecule has 3 N–H and O–H groups in total. The number of piperidine rings is 1. The Kier molecular flexibility index (Phi) is 22.4. The van der Waals surface area contributed by atoms with Crippen molar-refractivity contribution in [2.45, 2.75) is 77.4 Å². The van der Waals surface area contributed by atoms with Gasteiger partial charge in [0.15, 0.2) is 88.9 Å². The number of methoxy groups -OCH3 is 1. The second kappa shape index (κ2) is 35.0. The largest absolute Gasteiger partial charge is 0.480 e. The summed E-state index contributed by atoms with van der Waals surface area (Å²) in [6.45, 7) is 11.5. The molecule has 4 amide bonds. The molecule has 3 aromatic carbocycles. The molecule has 0 atom stereocenters. The lowest BCUT2D eigenvalue weighted by Crippen LogP contribution is -2.48. The van der Waals surface area contributed by atoms with E-state index in [0.29, 0.717) is 169 Å². The van der Waals surface area contributed by atoms with Gasteiger partial charge in [-0.2, -0.15) is 15.0 Å². The number of amides is 4. The molecular weight excluding hydrogens is 1600 g/mol. The predicted molar refractivity (Wildman–Crippen MR) is 473 cm³/mol. The molecule has 0 spiro atoms. The van der Waals surface area contributed by atoms with Crippen LogP contribution in [0.4, 0.5) is 74.2 Å². The number of ether oxygens (including phenoxy) is 4. The van der Waals surface area contributed by atoms with Gasteiger partial charge < -0.3 is 59.4 Å². The number of piperazine rings is 2. The van der Waals surface area contributed by atoms with Crippen LogP contribution in [0.3, 0.4) is 0 Å². The molecule has 9 aliphatic rings. The third-order valence-corrected chi connectivity index (χ3v) is 23.5. The quantitative estimate of drug-likeness (QED) is 0.113. The number of benzene rings is 3. The van der Waals surface area contributed by atoms with E-state index in [0.717, 1.165) is 101 Å². The first kappa shape index (κ1) is 80.0. The average Bonchev–Trinajstić information content (AvgIpc) is 1.64. The van der Waals surface area contributed by atoms with Crippen LogP contribution in [0.15, 0.2) is 179 Å². The molecule has 9 aliphatic heterocycles. The summed E-state index contributed by atoms with van der Waals surface area (Å²) >= 11 is 0. The molecule has 3 saturated heterocycles. The number of hydrogen-bond donors (Lipinski definition) is 3. The van der Waals surface area contributed by atoms with Crippen LogP contribution in [0.25, 0.3) is 50.6 Å². The van der Waals surface area contributed by atoms with E-state index in [1.807, 2.05) is 85.0 Å². The zero-order valence-electron chi connectivity index (χ0n) is 69.2. The summed E-state index contributed by atoms with van der Waals surface area (Å²) in [4.78, 5) is 148. The number of fused-ring (bicyclic) bond motifs is 15. The van der Waals surface area contributed by atoms with E-state index in [4.69, 9.17) is 48.9 Å². The van der Waals surface area contributed by atoms with Crippen molar-refractivity contribution in [2.75, 3.05) is 164 Å². The molecule has 37 nitrogen and oxygen atoms in total. The van der Waals surface area contributed by atoms with E-state index in [2.05, 4.69) is 81.8 Å². The first-order valence-electron chi connectivity index (χ1n) is 42.3. The van der Waals surface area contributed by atoms with E-state index < -0.39 is 0 Å². The maximum Gasteiger partial charge on any atom is 0.409 e. The standard InChI is InChI=1S/C30H31N9O5.C29H31N9O3.C29H30N8O3/c1-43-30(42)36-16-14-35(15-17-36)21-8-6-20(7-9-21)32-29-31-18-22-26(34-29)39-24-11-10-23-27(33-24)37(25(40)19-44-23)12-4-2-3-5-13-38(39)28(22)41;1-34-14-16-35(17-15-34)21-8-6-20(7-9-21)31-29-30-18-22-26(33-29)38-24-11-10-23-27(32-24)36(25(39)19-41-23)12-4-2-3-5-13-37(38)28(22)40;38-25-19-40-23-12-13-24-32-27(23)35(25)16-6-1-2-7-17-36-28(39)22-18-30-29(33-26(22)37(24)36)31-20-8-10-21(11-9-20)34-14-4-3-5-15-34/h3,5-11,18H,2,4,12-17,19H2,1H3,(H,31,32,34);3,5-11,18H,2,4,12-17,19H2,1H3,(H,30,31,33);2,7-13,18H,1,3-6,14-17,19H2,(H,30,31,33). The number of carbonyl (C=O) groups excluding carboxylic acids is 4. The summed E-state index contributed by atoms with van der Waals surface area (Å²) in [5.74, 6) is 4.98. The van der Waals surface area contributed by atoms with Gasteiger partial charge in [0.25, 0.3) is 34.4 Å². The molecule has 0 saturated carbocycles. The molecule has 0 unspecified atom stereocenters. The fraction of sp³-hybridized carbons (Fsp3) is 0.341. The monoisotopic (exact) mass is 1690 g/mol. The molecule has 12 aromatic rings. The molecule has 125 heavy (non-hydrogen) atoms. The van der Waals surface area contributed by atoms with Gasteiger partial charge in [-0.3, -0.25) is 43.5 Å². The van der Waals surface area contributed by atoms with Crippen LogP contribution < -0.4 is 76.2 Å². The summed E-state index contributed by atoms with van der Waals surface area (Å²) in [5, 5.41) is 10.9. The van der Waals surface area contributed by atoms with Gasteiger partial charge in [0.05, 0.1) is 26.7 Å². The lowest BCUT2D eigenvalue weighted by molar-refractivity contribution is -0.122. The van der Waals surface area contributed by atoms with Gasteiger partial charge in [-0.1, -0.05) is 36.5 Å². The number of allylic oxidation sites excluding steroid dienone is 6. The van der Waals surface area contributed by atoms with E-state index in [9.17, 15) is 33.6 Å². The minimum absolute atomic E-state index is 0.0116. The third kappa shape index (κ3) is 16.3. The number of anilines is 12. The normalized spacial score (nSPS) is 17.1. The Morgan fingerprint density at radius 1 is 0.360 bits per heavy atom. The van der Waals surface area contributed by atoms with Crippen molar-refractivity contribution in [3.8, 4) is 34.7 Å². The first-order chi connectivity index (χ1) is 61.2. The molecule has 0 aliphatic carbocycles. The zero-order valence-corrected chi connectivity index (χ0v) is 69.2.